The summed E-state index contributed by atoms with van der Waals surface area (Å²) in [6.45, 7) is 0. The first kappa shape index (κ1) is 18.5. The van der Waals surface area contributed by atoms with Gasteiger partial charge in [-0.2, -0.15) is 4.68 Å². The summed E-state index contributed by atoms with van der Waals surface area (Å²) in [5, 5.41) is 13.9. The average molecular weight is 449 g/mol. The Bertz CT molecular complexity index is 1450. The normalized spacial score (nSPS) is 13.5. The van der Waals surface area contributed by atoms with Gasteiger partial charge in [-0.15, -0.1) is 16.4 Å². The highest BCUT2D eigenvalue weighted by molar-refractivity contribution is 7.99. The van der Waals surface area contributed by atoms with Gasteiger partial charge in [0.2, 0.25) is 5.16 Å². The van der Waals surface area contributed by atoms with Crippen LogP contribution in [0.4, 0.5) is 0 Å². The zero-order chi connectivity index (χ0) is 20.8. The standard InChI is InChI=1S/C21H16N6O2S2/c28-19-17-13-8-4-5-9-15(13)30-20(17)23-18(22-19)14-10-11-16(29-14)31-21-24-25-26-27(21)12-6-2-1-3-7-12/h1-3,6-7,10-11H,4-5,8-9H2,(H,22,23,28). The predicted molar refractivity (Wildman–Crippen MR) is 118 cm³/mol. The van der Waals surface area contributed by atoms with E-state index in [2.05, 4.69) is 20.5 Å². The molecule has 0 amide bonds. The number of aromatic amines is 1. The molecule has 1 N–H and O–H groups in total. The van der Waals surface area contributed by atoms with E-state index in [1.807, 2.05) is 36.4 Å². The van der Waals surface area contributed by atoms with Gasteiger partial charge in [0.15, 0.2) is 16.7 Å². The van der Waals surface area contributed by atoms with Crippen LogP contribution >= 0.6 is 23.1 Å². The minimum Gasteiger partial charge on any atom is -0.446 e. The van der Waals surface area contributed by atoms with E-state index < -0.39 is 0 Å². The first-order valence-corrected chi connectivity index (χ1v) is 11.6. The third-order valence-electron chi connectivity index (χ3n) is 5.27. The molecule has 6 rings (SSSR count). The van der Waals surface area contributed by atoms with Crippen molar-refractivity contribution in [3.63, 3.8) is 0 Å². The number of aryl methyl sites for hydroxylation is 2. The summed E-state index contributed by atoms with van der Waals surface area (Å²) in [5.41, 5.74) is 1.94. The number of nitrogens with zero attached hydrogens (tertiary/aromatic N) is 5. The second kappa shape index (κ2) is 7.47. The number of para-hydroxylation sites is 1. The highest BCUT2D eigenvalue weighted by Crippen LogP contribution is 2.35. The van der Waals surface area contributed by atoms with Crippen LogP contribution in [0.1, 0.15) is 23.3 Å². The predicted octanol–water partition coefficient (Wildman–Crippen LogP) is 4.25. The maximum Gasteiger partial charge on any atom is 0.260 e. The maximum atomic E-state index is 12.8. The van der Waals surface area contributed by atoms with Crippen LogP contribution in [0.2, 0.25) is 0 Å². The second-order valence-corrected chi connectivity index (χ2v) is 9.29. The number of fused-ring (bicyclic) bond motifs is 3. The van der Waals surface area contributed by atoms with Crippen molar-refractivity contribution in [2.45, 2.75) is 35.9 Å². The van der Waals surface area contributed by atoms with Gasteiger partial charge < -0.3 is 9.40 Å². The van der Waals surface area contributed by atoms with Crippen molar-refractivity contribution in [3.8, 4) is 17.3 Å². The highest BCUT2D eigenvalue weighted by Gasteiger charge is 2.21. The van der Waals surface area contributed by atoms with Crippen molar-refractivity contribution in [1.29, 1.82) is 0 Å². The maximum absolute atomic E-state index is 12.8. The molecule has 0 radical (unpaired) electrons. The molecule has 4 aromatic heterocycles. The molecule has 0 saturated heterocycles. The molecule has 1 aromatic carbocycles. The molecule has 0 saturated carbocycles. The molecule has 5 aromatic rings. The Kier molecular flexibility index (Phi) is 4.46. The summed E-state index contributed by atoms with van der Waals surface area (Å²) in [5.74, 6) is 0.942. The first-order chi connectivity index (χ1) is 15.3. The number of furan rings is 1. The molecule has 10 heteroatoms. The van der Waals surface area contributed by atoms with Crippen molar-refractivity contribution in [3.05, 3.63) is 63.3 Å². The molecule has 1 aliphatic carbocycles. The third kappa shape index (κ3) is 3.28. The number of nitrogens with one attached hydrogen (secondary N) is 1. The fraction of sp³-hybridized carbons (Fsp3) is 0.190. The Morgan fingerprint density at radius 1 is 1.10 bits per heavy atom. The third-order valence-corrected chi connectivity index (χ3v) is 7.32. The number of rotatable bonds is 4. The zero-order valence-electron chi connectivity index (χ0n) is 16.2. The molecule has 0 spiro atoms. The van der Waals surface area contributed by atoms with Crippen molar-refractivity contribution in [2.75, 3.05) is 0 Å². The van der Waals surface area contributed by atoms with Crippen molar-refractivity contribution >= 4 is 33.3 Å². The Hall–Kier alpha value is -3.24. The molecule has 154 valence electrons. The number of hydrogen-bond acceptors (Lipinski definition) is 8. The molecule has 0 bridgehead atoms. The Balaban J connectivity index is 1.33. The Morgan fingerprint density at radius 3 is 2.87 bits per heavy atom. The van der Waals surface area contributed by atoms with Gasteiger partial charge in [0.1, 0.15) is 4.83 Å². The molecule has 0 fully saturated rings. The lowest BCUT2D eigenvalue weighted by Crippen LogP contribution is -2.11. The average Bonchev–Trinajstić information content (AvgIpc) is 3.52. The van der Waals surface area contributed by atoms with E-state index >= 15 is 0 Å². The molecule has 8 nitrogen and oxygen atoms in total. The lowest BCUT2D eigenvalue weighted by molar-refractivity contribution is 0.483. The summed E-state index contributed by atoms with van der Waals surface area (Å²) in [6, 6.07) is 13.3. The second-order valence-electron chi connectivity index (χ2n) is 7.24. The zero-order valence-corrected chi connectivity index (χ0v) is 17.9. The molecular formula is C21H16N6O2S2. The van der Waals surface area contributed by atoms with Crippen LogP contribution in [0.3, 0.4) is 0 Å². The molecule has 31 heavy (non-hydrogen) atoms. The van der Waals surface area contributed by atoms with Gasteiger partial charge in [-0.1, -0.05) is 18.2 Å². The van der Waals surface area contributed by atoms with Crippen LogP contribution in [0, 0.1) is 0 Å². The Morgan fingerprint density at radius 2 is 1.97 bits per heavy atom. The van der Waals surface area contributed by atoms with Crippen molar-refractivity contribution < 1.29 is 4.42 Å². The van der Waals surface area contributed by atoms with Crippen LogP contribution < -0.4 is 5.56 Å². The fourth-order valence-electron chi connectivity index (χ4n) is 3.85. The molecular weight excluding hydrogens is 432 g/mol. The van der Waals surface area contributed by atoms with E-state index in [1.165, 1.54) is 28.6 Å². The topological polar surface area (TPSA) is 102 Å². The lowest BCUT2D eigenvalue weighted by Gasteiger charge is -2.09. The molecule has 4 heterocycles. The summed E-state index contributed by atoms with van der Waals surface area (Å²) in [7, 11) is 0. The van der Waals surface area contributed by atoms with Gasteiger partial charge in [0.05, 0.1) is 11.1 Å². The largest absolute Gasteiger partial charge is 0.446 e. The van der Waals surface area contributed by atoms with E-state index in [4.69, 9.17) is 9.40 Å². The summed E-state index contributed by atoms with van der Waals surface area (Å²) in [4.78, 5) is 22.5. The van der Waals surface area contributed by atoms with Gasteiger partial charge in [-0.25, -0.2) is 4.98 Å². The number of benzene rings is 1. The molecule has 1 aliphatic rings. The van der Waals surface area contributed by atoms with E-state index in [1.54, 1.807) is 22.1 Å². The van der Waals surface area contributed by atoms with Gasteiger partial charge in [-0.3, -0.25) is 4.79 Å². The van der Waals surface area contributed by atoms with Crippen LogP contribution in [0.15, 0.2) is 61.9 Å². The van der Waals surface area contributed by atoms with Crippen LogP contribution in [-0.2, 0) is 12.8 Å². The lowest BCUT2D eigenvalue weighted by atomic mass is 9.97. The smallest absolute Gasteiger partial charge is 0.260 e. The molecule has 0 aliphatic heterocycles. The quantitative estimate of drug-likeness (QED) is 0.438. The number of tetrazole rings is 1. The minimum atomic E-state index is -0.0991. The Labute approximate surface area is 184 Å². The number of aromatic nitrogens is 6. The van der Waals surface area contributed by atoms with Crippen LogP contribution in [0.25, 0.3) is 27.5 Å². The van der Waals surface area contributed by atoms with Crippen LogP contribution in [0.5, 0.6) is 0 Å². The minimum absolute atomic E-state index is 0.0991. The summed E-state index contributed by atoms with van der Waals surface area (Å²) in [6.07, 6.45) is 4.28. The SMILES string of the molecule is O=c1[nH]c(-c2ccc(Sc3nnnn3-c3ccccc3)o2)nc2sc3c(c12)CCCC3. The highest BCUT2D eigenvalue weighted by atomic mass is 32.2. The van der Waals surface area contributed by atoms with E-state index in [-0.39, 0.29) is 5.56 Å². The summed E-state index contributed by atoms with van der Waals surface area (Å²) < 4.78 is 7.61. The van der Waals surface area contributed by atoms with E-state index in [0.29, 0.717) is 21.8 Å². The number of H-pyrrole nitrogens is 1. The van der Waals surface area contributed by atoms with Gasteiger partial charge >= 0.3 is 0 Å². The van der Waals surface area contributed by atoms with Gasteiger partial charge in [0, 0.05) is 4.88 Å². The van der Waals surface area contributed by atoms with Crippen molar-refractivity contribution in [2.24, 2.45) is 0 Å². The molecule has 0 atom stereocenters. The van der Waals surface area contributed by atoms with E-state index in [9.17, 15) is 4.79 Å². The van der Waals surface area contributed by atoms with Gasteiger partial charge in [0.25, 0.3) is 5.56 Å². The monoisotopic (exact) mass is 448 g/mol. The van der Waals surface area contributed by atoms with E-state index in [0.717, 1.165) is 35.2 Å². The van der Waals surface area contributed by atoms with Crippen molar-refractivity contribution in [1.82, 2.24) is 30.2 Å². The number of thiophene rings is 1. The van der Waals surface area contributed by atoms with Crippen LogP contribution in [-0.4, -0.2) is 30.2 Å². The number of hydrogen-bond donors (Lipinski definition) is 1. The molecule has 0 unspecified atom stereocenters. The van der Waals surface area contributed by atoms with Gasteiger partial charge in [-0.05, 0) is 77.7 Å². The fourth-order valence-corrected chi connectivity index (χ4v) is 5.86. The first-order valence-electron chi connectivity index (χ1n) is 9.93. The summed E-state index contributed by atoms with van der Waals surface area (Å²) >= 11 is 2.93.